The minimum Gasteiger partial charge on any atom is -0.465 e. The number of nitrogens with zero attached hydrogens (tertiary/aromatic N) is 1. The van der Waals surface area contributed by atoms with Crippen LogP contribution in [0.4, 0.5) is 14.5 Å². The number of amides is 1. The smallest absolute Gasteiger partial charge is 0.465 e. The Hall–Kier alpha value is -2.32. The predicted molar refractivity (Wildman–Crippen MR) is 98.3 cm³/mol. The molecular weight excluding hydrogens is 400 g/mol. The standard InChI is InChI=1S/C18H14ClF2NO4S/c1-25-17(24)12-4-2-11(3-5-12)16-22(15(23)10-27-16)13-6-8-14(9-7-13)26-18(19,20)21/h2-9,16H,10H2,1H3/t16-/m1/s1. The van der Waals surface area contributed by atoms with Crippen LogP contribution in [0, 0.1) is 0 Å². The molecule has 1 aliphatic heterocycles. The van der Waals surface area contributed by atoms with Crippen molar-refractivity contribution >= 4 is 40.9 Å². The van der Waals surface area contributed by atoms with Gasteiger partial charge in [-0.2, -0.15) is 0 Å². The first-order valence-corrected chi connectivity index (χ1v) is 9.19. The van der Waals surface area contributed by atoms with Crippen LogP contribution in [0.1, 0.15) is 21.3 Å². The summed E-state index contributed by atoms with van der Waals surface area (Å²) in [6.07, 6.45) is 0. The minimum absolute atomic E-state index is 0.113. The molecule has 0 N–H and O–H groups in total. The molecule has 0 saturated carbocycles. The fourth-order valence-electron chi connectivity index (χ4n) is 2.66. The van der Waals surface area contributed by atoms with Gasteiger partial charge in [0.25, 0.3) is 0 Å². The van der Waals surface area contributed by atoms with E-state index in [0.29, 0.717) is 11.3 Å². The van der Waals surface area contributed by atoms with E-state index in [1.165, 1.54) is 43.1 Å². The Kier molecular flexibility index (Phi) is 5.57. The average Bonchev–Trinajstić information content (AvgIpc) is 3.02. The fourth-order valence-corrected chi connectivity index (χ4v) is 3.93. The number of methoxy groups -OCH3 is 1. The zero-order valence-electron chi connectivity index (χ0n) is 14.0. The van der Waals surface area contributed by atoms with E-state index < -0.39 is 11.5 Å². The summed E-state index contributed by atoms with van der Waals surface area (Å²) in [6, 6.07) is 12.4. The lowest BCUT2D eigenvalue weighted by molar-refractivity contribution is -0.115. The van der Waals surface area contributed by atoms with Gasteiger partial charge < -0.3 is 9.47 Å². The molecule has 2 aromatic rings. The Bertz CT molecular complexity index is 840. The number of anilines is 1. The number of thioether (sulfide) groups is 1. The van der Waals surface area contributed by atoms with E-state index in [-0.39, 0.29) is 22.8 Å². The van der Waals surface area contributed by atoms with Crippen molar-refractivity contribution in [2.45, 2.75) is 10.9 Å². The van der Waals surface area contributed by atoms with Gasteiger partial charge in [0.05, 0.1) is 18.4 Å². The number of benzene rings is 2. The molecule has 1 atom stereocenters. The van der Waals surface area contributed by atoms with Gasteiger partial charge in [0.15, 0.2) is 0 Å². The Morgan fingerprint density at radius 2 is 1.81 bits per heavy atom. The molecule has 0 bridgehead atoms. The molecule has 1 amide bonds. The van der Waals surface area contributed by atoms with E-state index in [1.54, 1.807) is 29.2 Å². The summed E-state index contributed by atoms with van der Waals surface area (Å²) in [6.45, 7) is 0. The molecule has 9 heteroatoms. The Balaban J connectivity index is 1.83. The van der Waals surface area contributed by atoms with Crippen LogP contribution >= 0.6 is 23.4 Å². The number of esters is 1. The summed E-state index contributed by atoms with van der Waals surface area (Å²) in [5, 5.41) is -0.301. The largest absolute Gasteiger partial charge is 0.487 e. The highest BCUT2D eigenvalue weighted by molar-refractivity contribution is 8.00. The average molecular weight is 414 g/mol. The van der Waals surface area contributed by atoms with Crippen LogP contribution in [0.15, 0.2) is 48.5 Å². The van der Waals surface area contributed by atoms with Crippen molar-refractivity contribution in [1.82, 2.24) is 0 Å². The zero-order valence-corrected chi connectivity index (χ0v) is 15.6. The van der Waals surface area contributed by atoms with Crippen LogP contribution in [0.25, 0.3) is 0 Å². The van der Waals surface area contributed by atoms with Crippen molar-refractivity contribution in [2.75, 3.05) is 17.8 Å². The molecule has 0 spiro atoms. The van der Waals surface area contributed by atoms with Crippen molar-refractivity contribution < 1.29 is 27.8 Å². The molecule has 0 radical (unpaired) electrons. The molecule has 27 heavy (non-hydrogen) atoms. The number of rotatable bonds is 5. The summed E-state index contributed by atoms with van der Waals surface area (Å²) in [4.78, 5) is 25.5. The third-order valence-corrected chi connectivity index (χ3v) is 5.12. The number of halogens is 3. The lowest BCUT2D eigenvalue weighted by Crippen LogP contribution is -2.27. The molecule has 1 aliphatic rings. The van der Waals surface area contributed by atoms with Gasteiger partial charge in [-0.1, -0.05) is 12.1 Å². The second-order valence-electron chi connectivity index (χ2n) is 5.58. The summed E-state index contributed by atoms with van der Waals surface area (Å²) in [5.74, 6) is -0.392. The molecular formula is C18H14ClF2NO4S. The maximum absolute atomic E-state index is 12.7. The normalized spacial score (nSPS) is 17.1. The van der Waals surface area contributed by atoms with Gasteiger partial charge in [0, 0.05) is 17.3 Å². The monoisotopic (exact) mass is 413 g/mol. The van der Waals surface area contributed by atoms with Crippen LogP contribution in [0.2, 0.25) is 0 Å². The second-order valence-corrected chi connectivity index (χ2v) is 7.09. The van der Waals surface area contributed by atoms with Crippen LogP contribution in [0.3, 0.4) is 0 Å². The molecule has 0 aliphatic carbocycles. The highest BCUT2D eigenvalue weighted by atomic mass is 35.5. The van der Waals surface area contributed by atoms with Crippen molar-refractivity contribution in [3.8, 4) is 5.75 Å². The van der Waals surface area contributed by atoms with E-state index >= 15 is 0 Å². The van der Waals surface area contributed by atoms with Crippen molar-refractivity contribution in [2.24, 2.45) is 0 Å². The number of hydrogen-bond donors (Lipinski definition) is 0. The molecule has 0 unspecified atom stereocenters. The van der Waals surface area contributed by atoms with Crippen molar-refractivity contribution in [3.05, 3.63) is 59.7 Å². The van der Waals surface area contributed by atoms with E-state index in [4.69, 9.17) is 11.6 Å². The van der Waals surface area contributed by atoms with Gasteiger partial charge >= 0.3 is 11.5 Å². The minimum atomic E-state index is -3.80. The van der Waals surface area contributed by atoms with E-state index in [1.807, 2.05) is 0 Å². The van der Waals surface area contributed by atoms with Crippen molar-refractivity contribution in [1.29, 1.82) is 0 Å². The Morgan fingerprint density at radius 3 is 2.37 bits per heavy atom. The topological polar surface area (TPSA) is 55.8 Å². The zero-order chi connectivity index (χ0) is 19.6. The molecule has 142 valence electrons. The van der Waals surface area contributed by atoms with Gasteiger partial charge in [-0.3, -0.25) is 9.69 Å². The first-order valence-electron chi connectivity index (χ1n) is 7.76. The van der Waals surface area contributed by atoms with Crippen LogP contribution in [0.5, 0.6) is 5.75 Å². The maximum atomic E-state index is 12.7. The van der Waals surface area contributed by atoms with Gasteiger partial charge in [-0.15, -0.1) is 20.5 Å². The highest BCUT2D eigenvalue weighted by Gasteiger charge is 2.34. The van der Waals surface area contributed by atoms with Crippen LogP contribution in [-0.4, -0.2) is 30.3 Å². The quantitative estimate of drug-likeness (QED) is 0.536. The fraction of sp³-hybridized carbons (Fsp3) is 0.222. The number of hydrogen-bond acceptors (Lipinski definition) is 5. The number of carbonyl (C=O) groups is 2. The Labute approximate surface area is 163 Å². The van der Waals surface area contributed by atoms with Crippen LogP contribution in [-0.2, 0) is 9.53 Å². The number of carbonyl (C=O) groups excluding carboxylic acids is 2. The molecule has 3 rings (SSSR count). The second kappa shape index (κ2) is 7.74. The predicted octanol–water partition coefficient (Wildman–Crippen LogP) is 4.42. The molecule has 0 aromatic heterocycles. The molecule has 1 saturated heterocycles. The molecule has 1 heterocycles. The van der Waals surface area contributed by atoms with Gasteiger partial charge in [0.1, 0.15) is 11.1 Å². The van der Waals surface area contributed by atoms with E-state index in [9.17, 15) is 18.4 Å². The summed E-state index contributed by atoms with van der Waals surface area (Å²) < 4.78 is 34.4. The third kappa shape index (κ3) is 4.51. The van der Waals surface area contributed by atoms with Gasteiger partial charge in [-0.25, -0.2) is 4.79 Å². The van der Waals surface area contributed by atoms with Gasteiger partial charge in [0.2, 0.25) is 5.91 Å². The number of alkyl halides is 3. The molecule has 1 fully saturated rings. The summed E-state index contributed by atoms with van der Waals surface area (Å²) in [5.41, 5.74) is -2.03. The number of ether oxygens (including phenoxy) is 2. The SMILES string of the molecule is COC(=O)c1ccc([C@H]2SCC(=O)N2c2ccc(OC(F)(F)Cl)cc2)cc1. The van der Waals surface area contributed by atoms with Gasteiger partial charge in [-0.05, 0) is 42.0 Å². The van der Waals surface area contributed by atoms with E-state index in [2.05, 4.69) is 9.47 Å². The summed E-state index contributed by atoms with van der Waals surface area (Å²) in [7, 11) is 1.30. The summed E-state index contributed by atoms with van der Waals surface area (Å²) >= 11 is 6.18. The first kappa shape index (κ1) is 19.4. The Morgan fingerprint density at radius 1 is 1.19 bits per heavy atom. The third-order valence-electron chi connectivity index (χ3n) is 3.83. The maximum Gasteiger partial charge on any atom is 0.487 e. The first-order chi connectivity index (χ1) is 12.8. The molecule has 5 nitrogen and oxygen atoms in total. The van der Waals surface area contributed by atoms with Crippen molar-refractivity contribution in [3.63, 3.8) is 0 Å². The highest BCUT2D eigenvalue weighted by Crippen LogP contribution is 2.42. The van der Waals surface area contributed by atoms with Crippen LogP contribution < -0.4 is 9.64 Å². The molecule has 2 aromatic carbocycles. The lowest BCUT2D eigenvalue weighted by Gasteiger charge is -2.24. The lowest BCUT2D eigenvalue weighted by atomic mass is 10.1. The van der Waals surface area contributed by atoms with E-state index in [0.717, 1.165) is 5.56 Å².